The standard InChI is InChI=1S/C12H27Cl2O3PSi/c1-6-16-18(15,17-7-2)12(14,19(3,4)5)10-8-9-11-13/h6-11H2,1-5H3. The van der Waals surface area contributed by atoms with E-state index < -0.39 is 19.9 Å². The van der Waals surface area contributed by atoms with Crippen LogP contribution >= 0.6 is 30.8 Å². The lowest BCUT2D eigenvalue weighted by Gasteiger charge is -2.42. The van der Waals surface area contributed by atoms with E-state index >= 15 is 0 Å². The van der Waals surface area contributed by atoms with Crippen LogP contribution in [0.1, 0.15) is 33.1 Å². The van der Waals surface area contributed by atoms with Crippen LogP contribution in [0.4, 0.5) is 0 Å². The summed E-state index contributed by atoms with van der Waals surface area (Å²) in [6, 6.07) is 0. The monoisotopic (exact) mass is 348 g/mol. The number of alkyl halides is 2. The van der Waals surface area contributed by atoms with Gasteiger partial charge in [-0.3, -0.25) is 4.57 Å². The van der Waals surface area contributed by atoms with Crippen LogP contribution in [0, 0.1) is 0 Å². The predicted molar refractivity (Wildman–Crippen MR) is 87.4 cm³/mol. The maximum atomic E-state index is 13.1. The lowest BCUT2D eigenvalue weighted by atomic mass is 10.3. The third-order valence-electron chi connectivity index (χ3n) is 3.07. The van der Waals surface area contributed by atoms with E-state index in [1.54, 1.807) is 0 Å². The lowest BCUT2D eigenvalue weighted by Crippen LogP contribution is -2.48. The summed E-state index contributed by atoms with van der Waals surface area (Å²) in [6.45, 7) is 10.6. The second kappa shape index (κ2) is 8.40. The molecule has 3 nitrogen and oxygen atoms in total. The average Bonchev–Trinajstić information content (AvgIpc) is 2.28. The van der Waals surface area contributed by atoms with Crippen LogP contribution in [0.5, 0.6) is 0 Å². The summed E-state index contributed by atoms with van der Waals surface area (Å²) in [5.41, 5.74) is 0. The highest BCUT2D eigenvalue weighted by Crippen LogP contribution is 2.67. The fourth-order valence-electron chi connectivity index (χ4n) is 1.96. The van der Waals surface area contributed by atoms with Crippen LogP contribution < -0.4 is 0 Å². The Hall–Kier alpha value is 0.947. The second-order valence-corrected chi connectivity index (χ2v) is 15.1. The van der Waals surface area contributed by atoms with Gasteiger partial charge in [0.25, 0.3) is 0 Å². The molecule has 0 amide bonds. The molecule has 0 aromatic heterocycles. The van der Waals surface area contributed by atoms with Gasteiger partial charge in [0, 0.05) is 5.88 Å². The van der Waals surface area contributed by atoms with Crippen molar-refractivity contribution in [3.63, 3.8) is 0 Å². The Morgan fingerprint density at radius 2 is 1.58 bits per heavy atom. The minimum absolute atomic E-state index is 0.339. The molecule has 0 aliphatic carbocycles. The molecule has 0 radical (unpaired) electrons. The van der Waals surface area contributed by atoms with Crippen LogP contribution in [0.15, 0.2) is 0 Å². The van der Waals surface area contributed by atoms with Crippen LogP contribution in [0.3, 0.4) is 0 Å². The predicted octanol–water partition coefficient (Wildman–Crippen LogP) is 5.47. The molecule has 0 heterocycles. The van der Waals surface area contributed by atoms with Gasteiger partial charge in [-0.25, -0.2) is 0 Å². The quantitative estimate of drug-likeness (QED) is 0.227. The van der Waals surface area contributed by atoms with Crippen LogP contribution in [-0.2, 0) is 13.6 Å². The molecule has 0 aromatic carbocycles. The van der Waals surface area contributed by atoms with E-state index in [9.17, 15) is 4.57 Å². The molecular weight excluding hydrogens is 322 g/mol. The van der Waals surface area contributed by atoms with Gasteiger partial charge in [-0.2, -0.15) is 0 Å². The maximum absolute atomic E-state index is 13.1. The highest BCUT2D eigenvalue weighted by atomic mass is 35.5. The van der Waals surface area contributed by atoms with E-state index in [0.717, 1.165) is 12.8 Å². The van der Waals surface area contributed by atoms with E-state index in [0.29, 0.717) is 25.5 Å². The Balaban J connectivity index is 5.35. The number of hydrogen-bond donors (Lipinski definition) is 0. The SMILES string of the molecule is CCOP(=O)(OCC)C(Cl)(CCCCCl)[Si](C)(C)C. The van der Waals surface area contributed by atoms with Gasteiger partial charge in [0.05, 0.1) is 21.3 Å². The second-order valence-electron chi connectivity index (χ2n) is 5.49. The van der Waals surface area contributed by atoms with Crippen molar-refractivity contribution in [2.75, 3.05) is 19.1 Å². The molecule has 0 spiro atoms. The first-order chi connectivity index (χ1) is 8.68. The fraction of sp³-hybridized carbons (Fsp3) is 1.00. The van der Waals surface area contributed by atoms with E-state index in [2.05, 4.69) is 19.6 Å². The largest absolute Gasteiger partial charge is 0.348 e. The molecule has 19 heavy (non-hydrogen) atoms. The van der Waals surface area contributed by atoms with Crippen molar-refractivity contribution >= 4 is 38.9 Å². The molecule has 1 unspecified atom stereocenters. The first-order valence-electron chi connectivity index (χ1n) is 6.82. The Kier molecular flexibility index (Phi) is 8.82. The zero-order chi connectivity index (χ0) is 15.2. The summed E-state index contributed by atoms with van der Waals surface area (Å²) < 4.78 is 23.2. The fourth-order valence-corrected chi connectivity index (χ4v) is 8.77. The zero-order valence-electron chi connectivity index (χ0n) is 12.7. The highest BCUT2D eigenvalue weighted by molar-refractivity contribution is 7.61. The maximum Gasteiger partial charge on any atom is 0.348 e. The molecule has 0 fully saturated rings. The summed E-state index contributed by atoms with van der Waals surface area (Å²) >= 11 is 12.5. The van der Waals surface area contributed by atoms with Crippen LogP contribution in [0.2, 0.25) is 19.6 Å². The summed E-state index contributed by atoms with van der Waals surface area (Å²) in [5, 5.41) is 0. The average molecular weight is 349 g/mol. The summed E-state index contributed by atoms with van der Waals surface area (Å²) in [5.74, 6) is 0.590. The highest BCUT2D eigenvalue weighted by Gasteiger charge is 2.57. The Morgan fingerprint density at radius 1 is 1.11 bits per heavy atom. The minimum atomic E-state index is -3.32. The normalized spacial score (nSPS) is 16.4. The third-order valence-corrected chi connectivity index (χ3v) is 13.5. The number of halogens is 2. The van der Waals surface area contributed by atoms with Gasteiger partial charge >= 0.3 is 7.60 Å². The molecule has 1 atom stereocenters. The Labute approximate surface area is 128 Å². The molecule has 0 aliphatic heterocycles. The van der Waals surface area contributed by atoms with Crippen LogP contribution in [-0.4, -0.2) is 31.4 Å². The van der Waals surface area contributed by atoms with E-state index in [4.69, 9.17) is 32.2 Å². The molecule has 0 aliphatic rings. The molecule has 0 aromatic rings. The number of hydrogen-bond acceptors (Lipinski definition) is 3. The first-order valence-corrected chi connectivity index (χ1v) is 12.8. The van der Waals surface area contributed by atoms with Gasteiger partial charge in [-0.05, 0) is 26.7 Å². The van der Waals surface area contributed by atoms with Crippen molar-refractivity contribution in [2.45, 2.75) is 57.0 Å². The molecule has 0 N–H and O–H groups in total. The Morgan fingerprint density at radius 3 is 1.89 bits per heavy atom. The molecule has 0 bridgehead atoms. The molecule has 0 rings (SSSR count). The van der Waals surface area contributed by atoms with Crippen LogP contribution in [0.25, 0.3) is 0 Å². The molecule has 7 heteroatoms. The smallest absolute Gasteiger partial charge is 0.308 e. The van der Waals surface area contributed by atoms with Gasteiger partial charge in [0.15, 0.2) is 0 Å². The Bertz CT molecular complexity index is 300. The van der Waals surface area contributed by atoms with E-state index in [-0.39, 0.29) is 0 Å². The van der Waals surface area contributed by atoms with Gasteiger partial charge in [0.1, 0.15) is 4.24 Å². The molecular formula is C12H27Cl2O3PSi. The lowest BCUT2D eigenvalue weighted by molar-refractivity contribution is 0.212. The van der Waals surface area contributed by atoms with Gasteiger partial charge in [-0.1, -0.05) is 26.1 Å². The molecule has 0 saturated heterocycles. The minimum Gasteiger partial charge on any atom is -0.308 e. The number of unbranched alkanes of at least 4 members (excludes halogenated alkanes) is 1. The third kappa shape index (κ3) is 5.01. The van der Waals surface area contributed by atoms with E-state index in [1.165, 1.54) is 0 Å². The van der Waals surface area contributed by atoms with Crippen molar-refractivity contribution in [3.05, 3.63) is 0 Å². The van der Waals surface area contributed by atoms with Gasteiger partial charge in [0.2, 0.25) is 0 Å². The van der Waals surface area contributed by atoms with Crippen molar-refractivity contribution in [1.29, 1.82) is 0 Å². The van der Waals surface area contributed by atoms with Crippen molar-refractivity contribution in [1.82, 2.24) is 0 Å². The molecule has 116 valence electrons. The van der Waals surface area contributed by atoms with Gasteiger partial charge < -0.3 is 9.05 Å². The summed E-state index contributed by atoms with van der Waals surface area (Å²) in [4.78, 5) is 0. The van der Waals surface area contributed by atoms with Gasteiger partial charge in [-0.15, -0.1) is 23.2 Å². The first kappa shape index (κ1) is 19.9. The van der Waals surface area contributed by atoms with Crippen molar-refractivity contribution in [2.24, 2.45) is 0 Å². The molecule has 0 saturated carbocycles. The van der Waals surface area contributed by atoms with Crippen molar-refractivity contribution in [3.8, 4) is 0 Å². The van der Waals surface area contributed by atoms with E-state index in [1.807, 2.05) is 13.8 Å². The zero-order valence-corrected chi connectivity index (χ0v) is 16.1. The summed E-state index contributed by atoms with van der Waals surface area (Å²) in [6.07, 6.45) is 2.31. The van der Waals surface area contributed by atoms with Crippen molar-refractivity contribution < 1.29 is 13.6 Å². The topological polar surface area (TPSA) is 35.5 Å². The summed E-state index contributed by atoms with van der Waals surface area (Å²) in [7, 11) is -5.28. The number of rotatable bonds is 10.